The first kappa shape index (κ1) is 59.9. The van der Waals surface area contributed by atoms with E-state index in [4.69, 9.17) is 14.2 Å². The van der Waals surface area contributed by atoms with Crippen LogP contribution in [0, 0.1) is 0 Å². The van der Waals surface area contributed by atoms with Crippen molar-refractivity contribution < 1.29 is 28.6 Å². The van der Waals surface area contributed by atoms with Gasteiger partial charge in [0.2, 0.25) is 0 Å². The minimum Gasteiger partial charge on any atom is -0.462 e. The Hall–Kier alpha value is -3.15. The minimum absolute atomic E-state index is 0.0996. The molecule has 6 nitrogen and oxygen atoms in total. The predicted octanol–water partition coefficient (Wildman–Crippen LogP) is 17.4. The van der Waals surface area contributed by atoms with Gasteiger partial charge in [0, 0.05) is 19.3 Å². The molecule has 0 aromatic heterocycles. The number of rotatable bonds is 47. The zero-order valence-corrected chi connectivity index (χ0v) is 41.3. The van der Waals surface area contributed by atoms with Crippen LogP contribution >= 0.6 is 0 Å². The van der Waals surface area contributed by atoms with Crippen molar-refractivity contribution in [1.82, 2.24) is 0 Å². The first-order chi connectivity index (χ1) is 31.0. The Labute approximate surface area is 389 Å². The van der Waals surface area contributed by atoms with Crippen LogP contribution in [0.25, 0.3) is 0 Å². The highest BCUT2D eigenvalue weighted by molar-refractivity contribution is 5.71. The van der Waals surface area contributed by atoms with Gasteiger partial charge in [-0.3, -0.25) is 14.4 Å². The van der Waals surface area contributed by atoms with E-state index in [1.165, 1.54) is 135 Å². The molecule has 0 aliphatic carbocycles. The van der Waals surface area contributed by atoms with Gasteiger partial charge in [0.15, 0.2) is 6.10 Å². The molecule has 0 N–H and O–H groups in total. The van der Waals surface area contributed by atoms with Gasteiger partial charge in [0.05, 0.1) is 0 Å². The van der Waals surface area contributed by atoms with E-state index in [0.717, 1.165) is 70.6 Å². The van der Waals surface area contributed by atoms with E-state index in [9.17, 15) is 14.4 Å². The number of esters is 3. The highest BCUT2D eigenvalue weighted by atomic mass is 16.6. The molecule has 1 unspecified atom stereocenters. The zero-order chi connectivity index (χ0) is 45.8. The third-order valence-corrected chi connectivity index (χ3v) is 11.2. The Morgan fingerprint density at radius 3 is 1.19 bits per heavy atom. The Balaban J connectivity index is 4.44. The summed E-state index contributed by atoms with van der Waals surface area (Å²) in [6, 6.07) is 0. The summed E-state index contributed by atoms with van der Waals surface area (Å²) in [6.45, 7) is 6.44. The lowest BCUT2D eigenvalue weighted by atomic mass is 10.1. The van der Waals surface area contributed by atoms with Crippen molar-refractivity contribution in [3.63, 3.8) is 0 Å². The Morgan fingerprint density at radius 1 is 0.349 bits per heavy atom. The molecule has 0 saturated heterocycles. The van der Waals surface area contributed by atoms with Crippen LogP contribution in [0.5, 0.6) is 0 Å². The molecular formula is C57H98O6. The second-order valence-corrected chi connectivity index (χ2v) is 17.5. The highest BCUT2D eigenvalue weighted by Crippen LogP contribution is 2.14. The van der Waals surface area contributed by atoms with Crippen molar-refractivity contribution in [2.75, 3.05) is 13.2 Å². The van der Waals surface area contributed by atoms with Crippen molar-refractivity contribution >= 4 is 17.9 Å². The Bertz CT molecular complexity index is 1190. The molecule has 0 spiro atoms. The van der Waals surface area contributed by atoms with Crippen LogP contribution in [-0.2, 0) is 28.6 Å². The lowest BCUT2D eigenvalue weighted by Crippen LogP contribution is -2.30. The number of hydrogen-bond donors (Lipinski definition) is 0. The molecule has 0 aromatic carbocycles. The molecule has 0 heterocycles. The molecule has 0 aromatic rings. The van der Waals surface area contributed by atoms with E-state index in [2.05, 4.69) is 87.6 Å². The lowest BCUT2D eigenvalue weighted by Gasteiger charge is -2.18. The molecule has 0 saturated carbocycles. The van der Waals surface area contributed by atoms with Crippen LogP contribution in [0.3, 0.4) is 0 Å². The summed E-state index contributed by atoms with van der Waals surface area (Å²) in [5.74, 6) is -0.984. The Kier molecular flexibility index (Phi) is 48.9. The average molecular weight is 879 g/mol. The second-order valence-electron chi connectivity index (χ2n) is 17.5. The first-order valence-corrected chi connectivity index (χ1v) is 26.5. The molecule has 0 rings (SSSR count). The van der Waals surface area contributed by atoms with E-state index in [1.54, 1.807) is 0 Å². The van der Waals surface area contributed by atoms with Crippen molar-refractivity contribution in [1.29, 1.82) is 0 Å². The quantitative estimate of drug-likeness (QED) is 0.0199. The average Bonchev–Trinajstić information content (AvgIpc) is 3.28. The smallest absolute Gasteiger partial charge is 0.306 e. The van der Waals surface area contributed by atoms with Gasteiger partial charge in [-0.1, -0.05) is 222 Å². The molecule has 0 radical (unpaired) electrons. The fraction of sp³-hybridized carbons (Fsp3) is 0.737. The van der Waals surface area contributed by atoms with E-state index in [-0.39, 0.29) is 37.5 Å². The van der Waals surface area contributed by atoms with Gasteiger partial charge in [0.1, 0.15) is 13.2 Å². The van der Waals surface area contributed by atoms with E-state index >= 15 is 0 Å². The third-order valence-electron chi connectivity index (χ3n) is 11.2. The molecule has 0 aliphatic heterocycles. The maximum Gasteiger partial charge on any atom is 0.306 e. The zero-order valence-electron chi connectivity index (χ0n) is 41.3. The molecule has 1 atom stereocenters. The fourth-order valence-corrected chi connectivity index (χ4v) is 7.25. The third kappa shape index (κ3) is 49.7. The van der Waals surface area contributed by atoms with Crippen LogP contribution in [-0.4, -0.2) is 37.2 Å². The minimum atomic E-state index is -0.805. The topological polar surface area (TPSA) is 78.9 Å². The van der Waals surface area contributed by atoms with Crippen molar-refractivity contribution in [3.05, 3.63) is 72.9 Å². The maximum atomic E-state index is 12.8. The molecule has 0 amide bonds. The van der Waals surface area contributed by atoms with Gasteiger partial charge >= 0.3 is 17.9 Å². The molecule has 6 heteroatoms. The second kappa shape index (κ2) is 51.5. The maximum absolute atomic E-state index is 12.8. The summed E-state index contributed by atoms with van der Waals surface area (Å²) in [6.07, 6.45) is 64.7. The lowest BCUT2D eigenvalue weighted by molar-refractivity contribution is -0.166. The standard InChI is InChI=1S/C57H98O6/c1-4-7-10-13-16-19-22-25-27-28-30-32-35-38-41-44-47-50-56(59)62-53-54(52-61-55(58)49-46-43-40-37-34-31-24-21-18-15-12-9-6-3)63-57(60)51-48-45-42-39-36-33-29-26-23-20-17-14-11-8-5-2/h8,11,14,17,20,23,25,27,31,34,40,43,54H,4-7,9-10,12-13,15-16,18-19,21-22,24,26,28-30,32-33,35-39,41-42,44-53H2,1-3H3/b11-8-,17-14-,23-20-,27-25-,34-31-,43-40-. The SMILES string of the molecule is CC\C=C/C=C\C=C/CCCCCCCCCC(=O)OC(COC(=O)CC/C=C\C/C=C\CCCCCCCC)COC(=O)CCCCCCCCC/C=C\CCCCCCCC. The summed E-state index contributed by atoms with van der Waals surface area (Å²) in [5.41, 5.74) is 0. The summed E-state index contributed by atoms with van der Waals surface area (Å²) in [4.78, 5) is 38.0. The van der Waals surface area contributed by atoms with Crippen molar-refractivity contribution in [3.8, 4) is 0 Å². The van der Waals surface area contributed by atoms with Gasteiger partial charge < -0.3 is 14.2 Å². The van der Waals surface area contributed by atoms with E-state index in [1.807, 2.05) is 6.08 Å². The van der Waals surface area contributed by atoms with Gasteiger partial charge in [-0.25, -0.2) is 0 Å². The van der Waals surface area contributed by atoms with Crippen LogP contribution < -0.4 is 0 Å². The molecule has 0 aliphatic rings. The summed E-state index contributed by atoms with van der Waals surface area (Å²) < 4.78 is 16.7. The van der Waals surface area contributed by atoms with Crippen LogP contribution in [0.4, 0.5) is 0 Å². The van der Waals surface area contributed by atoms with Gasteiger partial charge in [-0.05, 0) is 83.5 Å². The van der Waals surface area contributed by atoms with Crippen LogP contribution in [0.15, 0.2) is 72.9 Å². The summed E-state index contributed by atoms with van der Waals surface area (Å²) in [7, 11) is 0. The first-order valence-electron chi connectivity index (χ1n) is 26.5. The molecule has 362 valence electrons. The molecule has 0 bridgehead atoms. The predicted molar refractivity (Wildman–Crippen MR) is 270 cm³/mol. The normalized spacial score (nSPS) is 12.6. The summed E-state index contributed by atoms with van der Waals surface area (Å²) in [5, 5.41) is 0. The number of carbonyl (C=O) groups excluding carboxylic acids is 3. The number of ether oxygens (including phenoxy) is 3. The van der Waals surface area contributed by atoms with Crippen molar-refractivity contribution in [2.24, 2.45) is 0 Å². The molecule has 63 heavy (non-hydrogen) atoms. The monoisotopic (exact) mass is 879 g/mol. The van der Waals surface area contributed by atoms with E-state index < -0.39 is 6.10 Å². The van der Waals surface area contributed by atoms with Crippen LogP contribution in [0.1, 0.15) is 252 Å². The van der Waals surface area contributed by atoms with E-state index in [0.29, 0.717) is 19.3 Å². The number of unbranched alkanes of at least 4 members (excludes halogenated alkanes) is 26. The van der Waals surface area contributed by atoms with Crippen molar-refractivity contribution in [2.45, 2.75) is 258 Å². The number of carbonyl (C=O) groups is 3. The Morgan fingerprint density at radius 2 is 0.714 bits per heavy atom. The molecular weight excluding hydrogens is 781 g/mol. The largest absolute Gasteiger partial charge is 0.462 e. The highest BCUT2D eigenvalue weighted by Gasteiger charge is 2.19. The number of hydrogen-bond acceptors (Lipinski definition) is 6. The van der Waals surface area contributed by atoms with Gasteiger partial charge in [-0.2, -0.15) is 0 Å². The number of allylic oxidation sites excluding steroid dienone is 12. The van der Waals surface area contributed by atoms with Crippen LogP contribution in [0.2, 0.25) is 0 Å². The summed E-state index contributed by atoms with van der Waals surface area (Å²) >= 11 is 0. The van der Waals surface area contributed by atoms with Gasteiger partial charge in [-0.15, -0.1) is 0 Å². The fourth-order valence-electron chi connectivity index (χ4n) is 7.25. The molecule has 0 fully saturated rings. The van der Waals surface area contributed by atoms with Gasteiger partial charge in [0.25, 0.3) is 0 Å².